The number of aliphatic hydroxyl groups excluding tert-OH is 1. The number of carboxylic acid groups (broad SMARTS) is 1. The third-order valence-electron chi connectivity index (χ3n) is 2.88. The Kier molecular flexibility index (Phi) is 4.70. The maximum atomic E-state index is 12.0. The van der Waals surface area contributed by atoms with Gasteiger partial charge in [0.15, 0.2) is 0 Å². The summed E-state index contributed by atoms with van der Waals surface area (Å²) in [6.07, 6.45) is 1.01. The highest BCUT2D eigenvalue weighted by Crippen LogP contribution is 2.32. The fourth-order valence-electron chi connectivity index (χ4n) is 1.91. The van der Waals surface area contributed by atoms with E-state index in [1.54, 1.807) is 0 Å². The Labute approximate surface area is 134 Å². The number of halogens is 2. The molecule has 1 aromatic carbocycles. The van der Waals surface area contributed by atoms with Gasteiger partial charge >= 0.3 is 5.97 Å². The van der Waals surface area contributed by atoms with E-state index in [1.165, 1.54) is 12.1 Å². The van der Waals surface area contributed by atoms with Crippen LogP contribution in [0.25, 0.3) is 0 Å². The minimum atomic E-state index is -1.29. The summed E-state index contributed by atoms with van der Waals surface area (Å²) in [5, 5.41) is 20.7. The summed E-state index contributed by atoms with van der Waals surface area (Å²) in [5.41, 5.74) is -0.416. The molecule has 1 aliphatic heterocycles. The molecule has 0 aromatic heterocycles. The molecule has 1 heterocycles. The van der Waals surface area contributed by atoms with Crippen LogP contribution in [0.5, 0.6) is 0 Å². The number of amides is 2. The van der Waals surface area contributed by atoms with Crippen LogP contribution in [0.2, 0.25) is 10.0 Å². The van der Waals surface area contributed by atoms with E-state index in [2.05, 4.69) is 5.32 Å². The molecule has 0 spiro atoms. The summed E-state index contributed by atoms with van der Waals surface area (Å²) >= 11 is 11.7. The monoisotopic (exact) mass is 344 g/mol. The second kappa shape index (κ2) is 6.35. The van der Waals surface area contributed by atoms with Gasteiger partial charge in [0.25, 0.3) is 11.8 Å². The maximum Gasteiger partial charge on any atom is 0.337 e. The number of β-amino-alcohol motifs (C(OH)–C–C–N with tert-alkyl or cyclic N) is 1. The molecule has 1 aliphatic rings. The lowest BCUT2D eigenvalue weighted by Crippen LogP contribution is -2.34. The molecule has 3 N–H and O–H groups in total. The van der Waals surface area contributed by atoms with Crippen LogP contribution >= 0.6 is 23.2 Å². The molecule has 1 aromatic rings. The van der Waals surface area contributed by atoms with Gasteiger partial charge in [0, 0.05) is 11.1 Å². The second-order valence-corrected chi connectivity index (χ2v) is 5.16. The number of aromatic carboxylic acids is 1. The highest BCUT2D eigenvalue weighted by Gasteiger charge is 2.31. The van der Waals surface area contributed by atoms with Crippen LogP contribution in [-0.4, -0.2) is 46.0 Å². The van der Waals surface area contributed by atoms with Crippen molar-refractivity contribution in [1.29, 1.82) is 0 Å². The van der Waals surface area contributed by atoms with Gasteiger partial charge in [-0.3, -0.25) is 14.5 Å². The van der Waals surface area contributed by atoms with Crippen LogP contribution in [0, 0.1) is 0 Å². The Morgan fingerprint density at radius 3 is 2.55 bits per heavy atom. The predicted molar refractivity (Wildman–Crippen MR) is 78.9 cm³/mol. The van der Waals surface area contributed by atoms with Crippen LogP contribution in [0.1, 0.15) is 10.4 Å². The van der Waals surface area contributed by atoms with Gasteiger partial charge in [0.2, 0.25) is 0 Å². The van der Waals surface area contributed by atoms with E-state index < -0.39 is 17.8 Å². The minimum Gasteiger partial charge on any atom is -0.478 e. The molecule has 2 rings (SSSR count). The summed E-state index contributed by atoms with van der Waals surface area (Å²) in [6.45, 7) is -0.528. The number of anilines is 1. The van der Waals surface area contributed by atoms with Crippen molar-refractivity contribution < 1.29 is 24.6 Å². The van der Waals surface area contributed by atoms with E-state index in [0.29, 0.717) is 0 Å². The summed E-state index contributed by atoms with van der Waals surface area (Å²) in [7, 11) is 0. The fraction of sp³-hybridized carbons (Fsp3) is 0.154. The van der Waals surface area contributed by atoms with Gasteiger partial charge in [0.1, 0.15) is 5.70 Å². The summed E-state index contributed by atoms with van der Waals surface area (Å²) in [5.74, 6) is -2.58. The third kappa shape index (κ3) is 3.06. The molecule has 0 unspecified atom stereocenters. The topological polar surface area (TPSA) is 107 Å². The van der Waals surface area contributed by atoms with Crippen LogP contribution in [0.4, 0.5) is 5.69 Å². The van der Waals surface area contributed by atoms with Crippen molar-refractivity contribution in [3.8, 4) is 0 Å². The summed E-state index contributed by atoms with van der Waals surface area (Å²) in [6, 6.07) is 2.48. The van der Waals surface area contributed by atoms with Crippen molar-refractivity contribution in [3.63, 3.8) is 0 Å². The summed E-state index contributed by atoms with van der Waals surface area (Å²) < 4.78 is 0. The number of hydrogen-bond donors (Lipinski definition) is 3. The Balaban J connectivity index is 2.36. The standard InChI is InChI=1S/C13H10Cl2N2O5/c14-6-3-7(13(21)22)11(8(15)4-6)16-9-5-10(19)17(1-2-18)12(9)20/h3-5,16,18H,1-2H2,(H,21,22). The Bertz CT molecular complexity index is 702. The lowest BCUT2D eigenvalue weighted by molar-refractivity contribution is -0.137. The lowest BCUT2D eigenvalue weighted by atomic mass is 10.1. The predicted octanol–water partition coefficient (Wildman–Crippen LogP) is 1.35. The zero-order valence-electron chi connectivity index (χ0n) is 11.0. The van der Waals surface area contributed by atoms with Gasteiger partial charge in [-0.1, -0.05) is 23.2 Å². The molecule has 0 fully saturated rings. The third-order valence-corrected chi connectivity index (χ3v) is 3.39. The molecule has 22 heavy (non-hydrogen) atoms. The molecule has 7 nitrogen and oxygen atoms in total. The Morgan fingerprint density at radius 2 is 1.95 bits per heavy atom. The first-order valence-corrected chi connectivity index (χ1v) is 6.78. The van der Waals surface area contributed by atoms with Gasteiger partial charge in [-0.25, -0.2) is 4.79 Å². The molecule has 0 aliphatic carbocycles. The molecule has 0 atom stereocenters. The van der Waals surface area contributed by atoms with E-state index in [4.69, 9.17) is 28.3 Å². The largest absolute Gasteiger partial charge is 0.478 e. The number of carboxylic acids is 1. The highest BCUT2D eigenvalue weighted by atomic mass is 35.5. The summed E-state index contributed by atoms with van der Waals surface area (Å²) in [4.78, 5) is 35.7. The number of hydrogen-bond acceptors (Lipinski definition) is 5. The normalized spacial score (nSPS) is 14.3. The van der Waals surface area contributed by atoms with Crippen LogP contribution in [-0.2, 0) is 9.59 Å². The van der Waals surface area contributed by atoms with E-state index in [1.807, 2.05) is 0 Å². The first kappa shape index (κ1) is 16.3. The van der Waals surface area contributed by atoms with Crippen LogP contribution in [0.15, 0.2) is 23.9 Å². The SMILES string of the molecule is O=C(O)c1cc(Cl)cc(Cl)c1NC1=CC(=O)N(CCO)C1=O. The molecule has 0 radical (unpaired) electrons. The van der Waals surface area contributed by atoms with Gasteiger partial charge in [-0.05, 0) is 12.1 Å². The number of carbonyl (C=O) groups is 3. The molecule has 0 bridgehead atoms. The first-order chi connectivity index (χ1) is 10.3. The van der Waals surface area contributed by atoms with E-state index in [9.17, 15) is 19.5 Å². The average Bonchev–Trinajstić information content (AvgIpc) is 2.69. The van der Waals surface area contributed by atoms with Gasteiger partial charge in [-0.2, -0.15) is 0 Å². The Morgan fingerprint density at radius 1 is 1.27 bits per heavy atom. The minimum absolute atomic E-state index is 0.00772. The van der Waals surface area contributed by atoms with Crippen molar-refractivity contribution in [3.05, 3.63) is 39.5 Å². The second-order valence-electron chi connectivity index (χ2n) is 4.32. The number of benzene rings is 1. The molecule has 116 valence electrons. The van der Waals surface area contributed by atoms with Gasteiger partial charge in [-0.15, -0.1) is 0 Å². The highest BCUT2D eigenvalue weighted by molar-refractivity contribution is 6.37. The number of aliphatic hydroxyl groups is 1. The van der Waals surface area contributed by atoms with Crippen molar-refractivity contribution in [2.75, 3.05) is 18.5 Å². The average molecular weight is 345 g/mol. The molecular formula is C13H10Cl2N2O5. The smallest absolute Gasteiger partial charge is 0.337 e. The molecular weight excluding hydrogens is 335 g/mol. The van der Waals surface area contributed by atoms with E-state index in [-0.39, 0.29) is 40.1 Å². The van der Waals surface area contributed by atoms with E-state index in [0.717, 1.165) is 11.0 Å². The quantitative estimate of drug-likeness (QED) is 0.696. The molecule has 9 heteroatoms. The van der Waals surface area contributed by atoms with Crippen molar-refractivity contribution in [2.45, 2.75) is 0 Å². The van der Waals surface area contributed by atoms with E-state index >= 15 is 0 Å². The number of nitrogens with zero attached hydrogens (tertiary/aromatic N) is 1. The Hall–Kier alpha value is -2.09. The molecule has 0 saturated carbocycles. The number of nitrogens with one attached hydrogen (secondary N) is 1. The van der Waals surface area contributed by atoms with Crippen LogP contribution < -0.4 is 5.32 Å². The number of carbonyl (C=O) groups excluding carboxylic acids is 2. The number of rotatable bonds is 5. The molecule has 0 saturated heterocycles. The van der Waals surface area contributed by atoms with Crippen molar-refractivity contribution in [2.24, 2.45) is 0 Å². The van der Waals surface area contributed by atoms with Crippen LogP contribution in [0.3, 0.4) is 0 Å². The van der Waals surface area contributed by atoms with Crippen molar-refractivity contribution in [1.82, 2.24) is 4.90 Å². The zero-order chi connectivity index (χ0) is 16.4. The zero-order valence-corrected chi connectivity index (χ0v) is 12.5. The maximum absolute atomic E-state index is 12.0. The van der Waals surface area contributed by atoms with Crippen molar-refractivity contribution >= 4 is 46.7 Å². The fourth-order valence-corrected chi connectivity index (χ4v) is 2.45. The van der Waals surface area contributed by atoms with Gasteiger partial charge in [0.05, 0.1) is 29.4 Å². The number of imide groups is 1. The molecule has 2 amide bonds. The first-order valence-electron chi connectivity index (χ1n) is 6.03. The lowest BCUT2D eigenvalue weighted by Gasteiger charge is -2.15. The van der Waals surface area contributed by atoms with Gasteiger partial charge < -0.3 is 15.5 Å².